The summed E-state index contributed by atoms with van der Waals surface area (Å²) >= 11 is 0. The number of hydrogen-bond acceptors (Lipinski definition) is 3. The summed E-state index contributed by atoms with van der Waals surface area (Å²) in [5, 5.41) is 0. The molecule has 0 N–H and O–H groups in total. The summed E-state index contributed by atoms with van der Waals surface area (Å²) in [4.78, 5) is 10.5. The van der Waals surface area contributed by atoms with E-state index >= 15 is 0 Å². The summed E-state index contributed by atoms with van der Waals surface area (Å²) in [5.74, 6) is 0.742. The standard InChI is InChI=1S/C14H18O3/c15-10-12-6-8-14(9-7-12)17-11-16-13-4-2-1-3-5-13/h6-10,13H,1-5,11H2. The van der Waals surface area contributed by atoms with Gasteiger partial charge in [-0.3, -0.25) is 4.79 Å². The molecule has 1 aliphatic carbocycles. The van der Waals surface area contributed by atoms with Crippen LogP contribution in [-0.2, 0) is 4.74 Å². The number of benzene rings is 1. The first-order valence-electron chi connectivity index (χ1n) is 6.18. The molecule has 92 valence electrons. The molecule has 0 aromatic heterocycles. The first-order chi connectivity index (χ1) is 8.38. The van der Waals surface area contributed by atoms with E-state index in [2.05, 4.69) is 0 Å². The average molecular weight is 234 g/mol. The Kier molecular flexibility index (Phi) is 4.56. The predicted molar refractivity (Wildman–Crippen MR) is 65.3 cm³/mol. The van der Waals surface area contributed by atoms with Crippen LogP contribution in [0.3, 0.4) is 0 Å². The minimum Gasteiger partial charge on any atom is -0.468 e. The second kappa shape index (κ2) is 6.40. The fourth-order valence-electron chi connectivity index (χ4n) is 2.07. The van der Waals surface area contributed by atoms with Crippen molar-refractivity contribution in [3.05, 3.63) is 29.8 Å². The van der Waals surface area contributed by atoms with Crippen molar-refractivity contribution in [3.63, 3.8) is 0 Å². The molecule has 1 fully saturated rings. The summed E-state index contributed by atoms with van der Waals surface area (Å²) in [5.41, 5.74) is 0.658. The first kappa shape index (κ1) is 12.1. The SMILES string of the molecule is O=Cc1ccc(OCOC2CCCCC2)cc1. The fourth-order valence-corrected chi connectivity index (χ4v) is 2.07. The van der Waals surface area contributed by atoms with E-state index in [1.165, 1.54) is 19.3 Å². The predicted octanol–water partition coefficient (Wildman–Crippen LogP) is 3.18. The zero-order chi connectivity index (χ0) is 11.9. The Labute approximate surface area is 102 Å². The molecule has 0 heterocycles. The Hall–Kier alpha value is -1.35. The molecule has 0 bridgehead atoms. The molecule has 0 aliphatic heterocycles. The number of aldehydes is 1. The highest BCUT2D eigenvalue weighted by Crippen LogP contribution is 2.20. The van der Waals surface area contributed by atoms with E-state index in [-0.39, 0.29) is 0 Å². The summed E-state index contributed by atoms with van der Waals surface area (Å²) in [6.07, 6.45) is 7.33. The molecule has 1 aliphatic rings. The van der Waals surface area contributed by atoms with Gasteiger partial charge >= 0.3 is 0 Å². The maximum atomic E-state index is 10.5. The molecular formula is C14H18O3. The van der Waals surface area contributed by atoms with Crippen LogP contribution in [-0.4, -0.2) is 19.2 Å². The van der Waals surface area contributed by atoms with Crippen LogP contribution in [0.4, 0.5) is 0 Å². The monoisotopic (exact) mass is 234 g/mol. The normalized spacial score (nSPS) is 16.7. The van der Waals surface area contributed by atoms with Crippen molar-refractivity contribution in [1.82, 2.24) is 0 Å². The minimum atomic E-state index is 0.297. The highest BCUT2D eigenvalue weighted by Gasteiger charge is 2.13. The average Bonchev–Trinajstić information content (AvgIpc) is 2.41. The Morgan fingerprint density at radius 3 is 2.47 bits per heavy atom. The molecule has 0 unspecified atom stereocenters. The van der Waals surface area contributed by atoms with Crippen LogP contribution < -0.4 is 4.74 Å². The molecule has 0 spiro atoms. The molecule has 1 aromatic carbocycles. The molecule has 0 saturated heterocycles. The van der Waals surface area contributed by atoms with Crippen molar-refractivity contribution in [2.75, 3.05) is 6.79 Å². The first-order valence-corrected chi connectivity index (χ1v) is 6.18. The van der Waals surface area contributed by atoms with Gasteiger partial charge in [0, 0.05) is 5.56 Å². The van der Waals surface area contributed by atoms with Gasteiger partial charge in [-0.05, 0) is 37.1 Å². The second-order valence-corrected chi connectivity index (χ2v) is 4.38. The van der Waals surface area contributed by atoms with Gasteiger partial charge in [0.2, 0.25) is 0 Å². The lowest BCUT2D eigenvalue weighted by molar-refractivity contribution is -0.0496. The molecule has 3 heteroatoms. The van der Waals surface area contributed by atoms with Crippen molar-refractivity contribution in [3.8, 4) is 5.75 Å². The lowest BCUT2D eigenvalue weighted by atomic mass is 9.98. The zero-order valence-electron chi connectivity index (χ0n) is 9.93. The minimum absolute atomic E-state index is 0.297. The van der Waals surface area contributed by atoms with Crippen molar-refractivity contribution >= 4 is 6.29 Å². The molecule has 0 atom stereocenters. The van der Waals surface area contributed by atoms with Crippen LogP contribution >= 0.6 is 0 Å². The molecule has 17 heavy (non-hydrogen) atoms. The fraction of sp³-hybridized carbons (Fsp3) is 0.500. The van der Waals surface area contributed by atoms with Gasteiger partial charge in [-0.2, -0.15) is 0 Å². The van der Waals surface area contributed by atoms with Crippen LogP contribution in [0.25, 0.3) is 0 Å². The van der Waals surface area contributed by atoms with Crippen molar-refractivity contribution in [2.45, 2.75) is 38.2 Å². The molecule has 3 nitrogen and oxygen atoms in total. The van der Waals surface area contributed by atoms with Crippen molar-refractivity contribution in [1.29, 1.82) is 0 Å². The van der Waals surface area contributed by atoms with E-state index in [0.717, 1.165) is 24.9 Å². The smallest absolute Gasteiger partial charge is 0.189 e. The maximum absolute atomic E-state index is 10.5. The largest absolute Gasteiger partial charge is 0.468 e. The summed E-state index contributed by atoms with van der Waals surface area (Å²) in [6, 6.07) is 7.05. The molecule has 0 amide bonds. The summed E-state index contributed by atoms with van der Waals surface area (Å²) in [7, 11) is 0. The topological polar surface area (TPSA) is 35.5 Å². The van der Waals surface area contributed by atoms with Gasteiger partial charge in [0.15, 0.2) is 6.79 Å². The lowest BCUT2D eigenvalue weighted by Gasteiger charge is -2.21. The van der Waals surface area contributed by atoms with Crippen LogP contribution in [0.2, 0.25) is 0 Å². The molecule has 0 radical (unpaired) electrons. The van der Waals surface area contributed by atoms with Crippen LogP contribution in [0.5, 0.6) is 5.75 Å². The quantitative estimate of drug-likeness (QED) is 0.579. The number of carbonyl (C=O) groups excluding carboxylic acids is 1. The Balaban J connectivity index is 1.71. The third-order valence-electron chi connectivity index (χ3n) is 3.10. The van der Waals surface area contributed by atoms with E-state index < -0.39 is 0 Å². The number of carbonyl (C=O) groups is 1. The molecule has 1 saturated carbocycles. The summed E-state index contributed by atoms with van der Waals surface area (Å²) < 4.78 is 11.1. The zero-order valence-corrected chi connectivity index (χ0v) is 9.93. The Morgan fingerprint density at radius 2 is 1.82 bits per heavy atom. The maximum Gasteiger partial charge on any atom is 0.189 e. The lowest BCUT2D eigenvalue weighted by Crippen LogP contribution is -2.19. The highest BCUT2D eigenvalue weighted by molar-refractivity contribution is 5.74. The van der Waals surface area contributed by atoms with Crippen LogP contribution in [0, 0.1) is 0 Å². The summed E-state index contributed by atoms with van der Waals surface area (Å²) in [6.45, 7) is 0.297. The van der Waals surface area contributed by atoms with E-state index in [1.54, 1.807) is 24.3 Å². The van der Waals surface area contributed by atoms with Crippen molar-refractivity contribution in [2.24, 2.45) is 0 Å². The number of hydrogen-bond donors (Lipinski definition) is 0. The number of rotatable bonds is 5. The van der Waals surface area contributed by atoms with E-state index in [1.807, 2.05) is 0 Å². The van der Waals surface area contributed by atoms with Gasteiger partial charge in [-0.1, -0.05) is 19.3 Å². The molecule has 2 rings (SSSR count). The highest BCUT2D eigenvalue weighted by atomic mass is 16.7. The van der Waals surface area contributed by atoms with Gasteiger partial charge in [-0.25, -0.2) is 0 Å². The van der Waals surface area contributed by atoms with Gasteiger partial charge in [0.05, 0.1) is 6.10 Å². The second-order valence-electron chi connectivity index (χ2n) is 4.38. The third kappa shape index (κ3) is 3.86. The van der Waals surface area contributed by atoms with E-state index in [4.69, 9.17) is 9.47 Å². The van der Waals surface area contributed by atoms with Gasteiger partial charge in [-0.15, -0.1) is 0 Å². The number of ether oxygens (including phenoxy) is 2. The van der Waals surface area contributed by atoms with Gasteiger partial charge < -0.3 is 9.47 Å². The van der Waals surface area contributed by atoms with E-state index in [0.29, 0.717) is 18.5 Å². The molecule has 1 aromatic rings. The Morgan fingerprint density at radius 1 is 1.12 bits per heavy atom. The van der Waals surface area contributed by atoms with Crippen LogP contribution in [0.1, 0.15) is 42.5 Å². The van der Waals surface area contributed by atoms with Crippen molar-refractivity contribution < 1.29 is 14.3 Å². The van der Waals surface area contributed by atoms with Gasteiger partial charge in [0.1, 0.15) is 12.0 Å². The molecular weight excluding hydrogens is 216 g/mol. The Bertz CT molecular complexity index is 339. The third-order valence-corrected chi connectivity index (χ3v) is 3.10. The van der Waals surface area contributed by atoms with Crippen LogP contribution in [0.15, 0.2) is 24.3 Å². The van der Waals surface area contributed by atoms with E-state index in [9.17, 15) is 4.79 Å². The van der Waals surface area contributed by atoms with Gasteiger partial charge in [0.25, 0.3) is 0 Å².